The van der Waals surface area contributed by atoms with Gasteiger partial charge in [-0.25, -0.2) is 0 Å². The van der Waals surface area contributed by atoms with E-state index < -0.39 is 0 Å². The molecular weight excluding hydrogens is 418 g/mol. The zero-order valence-electron chi connectivity index (χ0n) is 13.5. The van der Waals surface area contributed by atoms with Gasteiger partial charge in [-0.15, -0.1) is 0 Å². The van der Waals surface area contributed by atoms with Gasteiger partial charge in [0.05, 0.1) is 10.5 Å². The molecular formula is C18H14BrN3O3S. The van der Waals surface area contributed by atoms with E-state index in [4.69, 9.17) is 0 Å². The van der Waals surface area contributed by atoms with Crippen LogP contribution in [0.5, 0.6) is 0 Å². The molecule has 1 N–H and O–H groups in total. The van der Waals surface area contributed by atoms with E-state index in [1.54, 1.807) is 18.3 Å². The first-order chi connectivity index (χ1) is 12.5. The fourth-order valence-electron chi connectivity index (χ4n) is 2.31. The van der Waals surface area contributed by atoms with E-state index in [1.807, 2.05) is 30.3 Å². The van der Waals surface area contributed by atoms with Crippen molar-refractivity contribution in [2.24, 2.45) is 0 Å². The highest BCUT2D eigenvalue weighted by atomic mass is 79.9. The Bertz CT molecular complexity index is 886. The number of halogens is 1. The number of benzene rings is 1. The lowest BCUT2D eigenvalue weighted by molar-refractivity contribution is -0.122. The maximum atomic E-state index is 12.4. The largest absolute Gasteiger partial charge is 0.350 e. The SMILES string of the molecule is O=C(NCCN1C(=O)S/C(=C\c2ccccc2)C1=O)c1cncc(Br)c1. The summed E-state index contributed by atoms with van der Waals surface area (Å²) in [5, 5.41) is 2.35. The molecule has 1 aromatic heterocycles. The van der Waals surface area contributed by atoms with Crippen LogP contribution in [-0.4, -0.2) is 40.0 Å². The van der Waals surface area contributed by atoms with Crippen molar-refractivity contribution in [1.82, 2.24) is 15.2 Å². The van der Waals surface area contributed by atoms with E-state index in [9.17, 15) is 14.4 Å². The number of aromatic nitrogens is 1. The lowest BCUT2D eigenvalue weighted by atomic mass is 10.2. The van der Waals surface area contributed by atoms with Crippen LogP contribution in [0.15, 0.2) is 58.2 Å². The number of carbonyl (C=O) groups is 3. The van der Waals surface area contributed by atoms with Gasteiger partial charge in [-0.3, -0.25) is 24.3 Å². The average Bonchev–Trinajstić information content (AvgIpc) is 2.90. The Balaban J connectivity index is 1.58. The number of carbonyl (C=O) groups excluding carboxylic acids is 3. The molecule has 2 heterocycles. The molecule has 8 heteroatoms. The second-order valence-electron chi connectivity index (χ2n) is 5.39. The number of amides is 3. The molecule has 0 unspecified atom stereocenters. The van der Waals surface area contributed by atoms with Crippen LogP contribution in [0, 0.1) is 0 Å². The molecule has 6 nitrogen and oxygen atoms in total. The van der Waals surface area contributed by atoms with Gasteiger partial charge in [0.25, 0.3) is 17.1 Å². The third kappa shape index (κ3) is 4.39. The van der Waals surface area contributed by atoms with E-state index in [-0.39, 0.29) is 30.1 Å². The first-order valence-electron chi connectivity index (χ1n) is 7.74. The summed E-state index contributed by atoms with van der Waals surface area (Å²) in [6.45, 7) is 0.284. The van der Waals surface area contributed by atoms with Crippen LogP contribution < -0.4 is 5.32 Å². The van der Waals surface area contributed by atoms with Crippen molar-refractivity contribution in [2.45, 2.75) is 0 Å². The molecule has 0 radical (unpaired) electrons. The van der Waals surface area contributed by atoms with Gasteiger partial charge in [0, 0.05) is 30.0 Å². The normalized spacial score (nSPS) is 15.6. The fraction of sp³-hybridized carbons (Fsp3) is 0.111. The van der Waals surface area contributed by atoms with E-state index in [2.05, 4.69) is 26.2 Å². The minimum Gasteiger partial charge on any atom is -0.350 e. The number of pyridine rings is 1. The monoisotopic (exact) mass is 431 g/mol. The van der Waals surface area contributed by atoms with Crippen LogP contribution in [0.25, 0.3) is 6.08 Å². The first kappa shape index (κ1) is 18.3. The molecule has 1 saturated heterocycles. The Kier molecular flexibility index (Phi) is 5.85. The summed E-state index contributed by atoms with van der Waals surface area (Å²) in [6, 6.07) is 11.0. The maximum Gasteiger partial charge on any atom is 0.293 e. The second kappa shape index (κ2) is 8.29. The third-order valence-corrected chi connectivity index (χ3v) is 4.90. The standard InChI is InChI=1S/C18H14BrN3O3S/c19-14-9-13(10-20-11-14)16(23)21-6-7-22-17(24)15(26-18(22)25)8-12-4-2-1-3-5-12/h1-5,8-11H,6-7H2,(H,21,23)/b15-8-. The van der Waals surface area contributed by atoms with Gasteiger partial charge < -0.3 is 5.32 Å². The number of nitrogens with one attached hydrogen (secondary N) is 1. The summed E-state index contributed by atoms with van der Waals surface area (Å²) in [5.41, 5.74) is 1.26. The number of imide groups is 1. The first-order valence-corrected chi connectivity index (χ1v) is 9.35. The number of rotatable bonds is 5. The van der Waals surface area contributed by atoms with E-state index >= 15 is 0 Å². The molecule has 2 aromatic rings. The van der Waals surface area contributed by atoms with Crippen LogP contribution >= 0.6 is 27.7 Å². The van der Waals surface area contributed by atoms with Crippen molar-refractivity contribution in [3.05, 3.63) is 69.3 Å². The molecule has 0 saturated carbocycles. The molecule has 26 heavy (non-hydrogen) atoms. The molecule has 0 spiro atoms. The van der Waals surface area contributed by atoms with Crippen LogP contribution in [-0.2, 0) is 4.79 Å². The van der Waals surface area contributed by atoms with E-state index in [0.717, 1.165) is 22.2 Å². The number of nitrogens with zero attached hydrogens (tertiary/aromatic N) is 2. The van der Waals surface area contributed by atoms with Crippen LogP contribution in [0.2, 0.25) is 0 Å². The zero-order chi connectivity index (χ0) is 18.5. The number of hydrogen-bond acceptors (Lipinski definition) is 5. The average molecular weight is 432 g/mol. The third-order valence-electron chi connectivity index (χ3n) is 3.56. The minimum atomic E-state index is -0.345. The topological polar surface area (TPSA) is 79.4 Å². The van der Waals surface area contributed by atoms with E-state index in [1.165, 1.54) is 6.20 Å². The van der Waals surface area contributed by atoms with Crippen molar-refractivity contribution in [2.75, 3.05) is 13.1 Å². The highest BCUT2D eigenvalue weighted by Crippen LogP contribution is 2.31. The van der Waals surface area contributed by atoms with Crippen molar-refractivity contribution in [1.29, 1.82) is 0 Å². The maximum absolute atomic E-state index is 12.4. The van der Waals surface area contributed by atoms with E-state index in [0.29, 0.717) is 14.9 Å². The van der Waals surface area contributed by atoms with Gasteiger partial charge >= 0.3 is 0 Å². The quantitative estimate of drug-likeness (QED) is 0.734. The lowest BCUT2D eigenvalue weighted by Crippen LogP contribution is -2.37. The molecule has 0 atom stereocenters. The summed E-state index contributed by atoms with van der Waals surface area (Å²) in [5.74, 6) is -0.659. The molecule has 0 aliphatic carbocycles. The molecule has 3 amide bonds. The predicted octanol–water partition coefficient (Wildman–Crippen LogP) is 3.31. The van der Waals surface area contributed by atoms with Crippen molar-refractivity contribution < 1.29 is 14.4 Å². The summed E-state index contributed by atoms with van der Waals surface area (Å²) in [6.07, 6.45) is 4.72. The fourth-order valence-corrected chi connectivity index (χ4v) is 3.54. The Morgan fingerprint density at radius 1 is 1.23 bits per heavy atom. The Hall–Kier alpha value is -2.45. The molecule has 3 rings (SSSR count). The van der Waals surface area contributed by atoms with Gasteiger partial charge in [0.2, 0.25) is 0 Å². The highest BCUT2D eigenvalue weighted by molar-refractivity contribution is 9.10. The van der Waals surface area contributed by atoms with Crippen LogP contribution in [0.3, 0.4) is 0 Å². The summed E-state index contributed by atoms with van der Waals surface area (Å²) >= 11 is 4.16. The number of hydrogen-bond donors (Lipinski definition) is 1. The summed E-state index contributed by atoms with van der Waals surface area (Å²) in [4.78, 5) is 42.0. The Labute approximate surface area is 162 Å². The molecule has 1 aromatic carbocycles. The zero-order valence-corrected chi connectivity index (χ0v) is 15.9. The summed E-state index contributed by atoms with van der Waals surface area (Å²) in [7, 11) is 0. The molecule has 132 valence electrons. The second-order valence-corrected chi connectivity index (χ2v) is 7.30. The van der Waals surface area contributed by atoms with Crippen molar-refractivity contribution in [3.63, 3.8) is 0 Å². The molecule has 1 aliphatic rings. The summed E-state index contributed by atoms with van der Waals surface area (Å²) < 4.78 is 0.696. The highest BCUT2D eigenvalue weighted by Gasteiger charge is 2.34. The van der Waals surface area contributed by atoms with Gasteiger partial charge in [0.15, 0.2) is 0 Å². The Morgan fingerprint density at radius 2 is 2.00 bits per heavy atom. The van der Waals surface area contributed by atoms with Crippen molar-refractivity contribution >= 4 is 50.8 Å². The van der Waals surface area contributed by atoms with Crippen molar-refractivity contribution in [3.8, 4) is 0 Å². The van der Waals surface area contributed by atoms with Gasteiger partial charge in [-0.1, -0.05) is 30.3 Å². The number of thioether (sulfide) groups is 1. The molecule has 1 fully saturated rings. The van der Waals surface area contributed by atoms with Gasteiger partial charge in [-0.05, 0) is 45.4 Å². The van der Waals surface area contributed by atoms with Crippen LogP contribution in [0.4, 0.5) is 4.79 Å². The van der Waals surface area contributed by atoms with Crippen LogP contribution in [0.1, 0.15) is 15.9 Å². The smallest absolute Gasteiger partial charge is 0.293 e. The van der Waals surface area contributed by atoms with Gasteiger partial charge in [-0.2, -0.15) is 0 Å². The Morgan fingerprint density at radius 3 is 2.73 bits per heavy atom. The minimum absolute atomic E-state index is 0.115. The lowest BCUT2D eigenvalue weighted by Gasteiger charge is -2.13. The predicted molar refractivity (Wildman–Crippen MR) is 103 cm³/mol. The van der Waals surface area contributed by atoms with Gasteiger partial charge in [0.1, 0.15) is 0 Å². The molecule has 1 aliphatic heterocycles. The molecule has 0 bridgehead atoms.